The first-order valence-electron chi connectivity index (χ1n) is 6.78. The molecule has 0 amide bonds. The van der Waals surface area contributed by atoms with Crippen LogP contribution in [0.25, 0.3) is 10.8 Å². The Balaban J connectivity index is 1.72. The summed E-state index contributed by atoms with van der Waals surface area (Å²) in [7, 11) is 0. The molecule has 1 aliphatic rings. The molecular weight excluding hydrogens is 238 g/mol. The van der Waals surface area contributed by atoms with Crippen LogP contribution in [-0.4, -0.2) is 24.7 Å². The molecule has 3 rings (SSSR count). The topological polar surface area (TPSA) is 60.2 Å². The lowest BCUT2D eigenvalue weighted by molar-refractivity contribution is 0.185. The van der Waals surface area contributed by atoms with Crippen molar-refractivity contribution in [3.05, 3.63) is 30.6 Å². The molecule has 0 spiro atoms. The summed E-state index contributed by atoms with van der Waals surface area (Å²) in [6.07, 6.45) is 5.98. The van der Waals surface area contributed by atoms with E-state index in [0.717, 1.165) is 48.3 Å². The predicted octanol–water partition coefficient (Wildman–Crippen LogP) is 2.66. The number of hydrogen-bond donors (Lipinski definition) is 2. The van der Waals surface area contributed by atoms with Crippen LogP contribution in [0.5, 0.6) is 0 Å². The normalized spacial score (nSPS) is 18.8. The third-order valence-corrected chi connectivity index (χ3v) is 3.74. The van der Waals surface area contributed by atoms with Gasteiger partial charge in [-0.2, -0.15) is 0 Å². The first-order valence-corrected chi connectivity index (χ1v) is 6.78. The van der Waals surface area contributed by atoms with Crippen molar-refractivity contribution in [3.8, 4) is 0 Å². The van der Waals surface area contributed by atoms with E-state index in [1.54, 1.807) is 6.20 Å². The van der Waals surface area contributed by atoms with Gasteiger partial charge in [0.1, 0.15) is 0 Å². The Morgan fingerprint density at radius 1 is 1.32 bits per heavy atom. The summed E-state index contributed by atoms with van der Waals surface area (Å²) in [6, 6.07) is 5.94. The van der Waals surface area contributed by atoms with E-state index >= 15 is 0 Å². The van der Waals surface area contributed by atoms with Crippen molar-refractivity contribution >= 4 is 22.1 Å². The van der Waals surface area contributed by atoms with Crippen LogP contribution >= 0.6 is 0 Å². The number of anilines is 2. The van der Waals surface area contributed by atoms with Gasteiger partial charge >= 0.3 is 0 Å². The van der Waals surface area contributed by atoms with E-state index in [-0.39, 0.29) is 0 Å². The van der Waals surface area contributed by atoms with Crippen molar-refractivity contribution in [2.75, 3.05) is 30.8 Å². The minimum Gasteiger partial charge on any atom is -0.398 e. The molecule has 1 aromatic carbocycles. The Labute approximate surface area is 113 Å². The van der Waals surface area contributed by atoms with E-state index in [9.17, 15) is 0 Å². The molecule has 1 unspecified atom stereocenters. The molecule has 3 N–H and O–H groups in total. The highest BCUT2D eigenvalue weighted by atomic mass is 16.5. The number of hydrogen-bond acceptors (Lipinski definition) is 4. The fraction of sp³-hybridized carbons (Fsp3) is 0.400. The fourth-order valence-electron chi connectivity index (χ4n) is 2.59. The van der Waals surface area contributed by atoms with Gasteiger partial charge in [0.05, 0.1) is 0 Å². The molecule has 100 valence electrons. The summed E-state index contributed by atoms with van der Waals surface area (Å²) in [5.41, 5.74) is 7.89. The van der Waals surface area contributed by atoms with Crippen molar-refractivity contribution in [2.24, 2.45) is 5.92 Å². The molecular formula is C15H19N3O. The number of benzene rings is 1. The van der Waals surface area contributed by atoms with Crippen LogP contribution in [-0.2, 0) is 4.74 Å². The number of nitrogens with one attached hydrogen (secondary N) is 1. The van der Waals surface area contributed by atoms with E-state index < -0.39 is 0 Å². The Morgan fingerprint density at radius 3 is 3.11 bits per heavy atom. The second-order valence-corrected chi connectivity index (χ2v) is 5.07. The molecule has 1 aliphatic heterocycles. The van der Waals surface area contributed by atoms with E-state index in [1.165, 1.54) is 6.42 Å². The molecule has 0 aliphatic carbocycles. The van der Waals surface area contributed by atoms with Crippen LogP contribution in [0.4, 0.5) is 11.4 Å². The van der Waals surface area contributed by atoms with Crippen molar-refractivity contribution in [2.45, 2.75) is 12.8 Å². The highest BCUT2D eigenvalue weighted by molar-refractivity contribution is 6.00. The third-order valence-electron chi connectivity index (χ3n) is 3.74. The lowest BCUT2D eigenvalue weighted by Gasteiger charge is -2.12. The van der Waals surface area contributed by atoms with Crippen molar-refractivity contribution in [1.82, 2.24) is 4.98 Å². The summed E-state index contributed by atoms with van der Waals surface area (Å²) in [5.74, 6) is 0.700. The van der Waals surface area contributed by atoms with Crippen LogP contribution in [0.1, 0.15) is 12.8 Å². The molecule has 2 aromatic rings. The Kier molecular flexibility index (Phi) is 3.51. The van der Waals surface area contributed by atoms with E-state index in [2.05, 4.69) is 10.3 Å². The zero-order valence-electron chi connectivity index (χ0n) is 10.9. The van der Waals surface area contributed by atoms with E-state index in [4.69, 9.17) is 10.5 Å². The summed E-state index contributed by atoms with van der Waals surface area (Å²) < 4.78 is 5.39. The number of ether oxygens (including phenoxy) is 1. The molecule has 0 radical (unpaired) electrons. The smallest absolute Gasteiger partial charge is 0.0495 e. The molecule has 1 fully saturated rings. The van der Waals surface area contributed by atoms with E-state index in [0.29, 0.717) is 5.92 Å². The molecule has 1 aromatic heterocycles. The van der Waals surface area contributed by atoms with Gasteiger partial charge in [-0.05, 0) is 37.0 Å². The summed E-state index contributed by atoms with van der Waals surface area (Å²) in [4.78, 5) is 4.18. The number of pyridine rings is 1. The SMILES string of the molecule is Nc1ccc(NCCC2CCOC2)c2cnccc12. The monoisotopic (exact) mass is 257 g/mol. The molecule has 4 nitrogen and oxygen atoms in total. The molecule has 19 heavy (non-hydrogen) atoms. The average molecular weight is 257 g/mol. The van der Waals surface area contributed by atoms with Crippen molar-refractivity contribution in [1.29, 1.82) is 0 Å². The van der Waals surface area contributed by atoms with Gasteiger partial charge < -0.3 is 15.8 Å². The Bertz CT molecular complexity index is 564. The lowest BCUT2D eigenvalue weighted by Crippen LogP contribution is -2.09. The molecule has 4 heteroatoms. The molecule has 0 bridgehead atoms. The van der Waals surface area contributed by atoms with Crippen LogP contribution in [0.3, 0.4) is 0 Å². The van der Waals surface area contributed by atoms with Gasteiger partial charge in [0.2, 0.25) is 0 Å². The zero-order chi connectivity index (χ0) is 13.1. The van der Waals surface area contributed by atoms with Gasteiger partial charge in [0, 0.05) is 54.3 Å². The first-order chi connectivity index (χ1) is 9.34. The number of fused-ring (bicyclic) bond motifs is 1. The van der Waals surface area contributed by atoms with E-state index in [1.807, 2.05) is 24.4 Å². The van der Waals surface area contributed by atoms with Crippen LogP contribution in [0.15, 0.2) is 30.6 Å². The highest BCUT2D eigenvalue weighted by Gasteiger charge is 2.14. The predicted molar refractivity (Wildman–Crippen MR) is 78.2 cm³/mol. The molecule has 2 heterocycles. The summed E-state index contributed by atoms with van der Waals surface area (Å²) in [6.45, 7) is 2.78. The second-order valence-electron chi connectivity index (χ2n) is 5.07. The number of nitrogen functional groups attached to an aromatic ring is 1. The highest BCUT2D eigenvalue weighted by Crippen LogP contribution is 2.27. The van der Waals surface area contributed by atoms with Gasteiger partial charge in [0.25, 0.3) is 0 Å². The average Bonchev–Trinajstić information content (AvgIpc) is 2.95. The zero-order valence-corrected chi connectivity index (χ0v) is 10.9. The standard InChI is InChI=1S/C15H19N3O/c16-14-1-2-15(13-9-17-6-4-12(13)14)18-7-3-11-5-8-19-10-11/h1-2,4,6,9,11,18H,3,5,7-8,10,16H2. The minimum absolute atomic E-state index is 0.700. The maximum absolute atomic E-state index is 5.98. The minimum atomic E-state index is 0.700. The van der Waals surface area contributed by atoms with Gasteiger partial charge in [-0.1, -0.05) is 0 Å². The summed E-state index contributed by atoms with van der Waals surface area (Å²) in [5, 5.41) is 5.64. The number of nitrogens with zero attached hydrogens (tertiary/aromatic N) is 1. The maximum atomic E-state index is 5.98. The molecule has 1 atom stereocenters. The second kappa shape index (κ2) is 5.45. The first kappa shape index (κ1) is 12.2. The third kappa shape index (κ3) is 2.63. The Hall–Kier alpha value is -1.81. The Morgan fingerprint density at radius 2 is 2.26 bits per heavy atom. The fourth-order valence-corrected chi connectivity index (χ4v) is 2.59. The van der Waals surface area contributed by atoms with Crippen LogP contribution in [0, 0.1) is 5.92 Å². The van der Waals surface area contributed by atoms with Gasteiger partial charge in [-0.25, -0.2) is 0 Å². The summed E-state index contributed by atoms with van der Waals surface area (Å²) >= 11 is 0. The number of rotatable bonds is 4. The van der Waals surface area contributed by atoms with Gasteiger partial charge in [0.15, 0.2) is 0 Å². The quantitative estimate of drug-likeness (QED) is 0.827. The number of nitrogens with two attached hydrogens (primary N) is 1. The number of aromatic nitrogens is 1. The maximum Gasteiger partial charge on any atom is 0.0495 e. The largest absolute Gasteiger partial charge is 0.398 e. The van der Waals surface area contributed by atoms with Gasteiger partial charge in [-0.15, -0.1) is 0 Å². The van der Waals surface area contributed by atoms with Crippen LogP contribution < -0.4 is 11.1 Å². The molecule has 1 saturated heterocycles. The molecule has 0 saturated carbocycles. The lowest BCUT2D eigenvalue weighted by atomic mass is 10.0. The van der Waals surface area contributed by atoms with Crippen molar-refractivity contribution < 1.29 is 4.74 Å². The van der Waals surface area contributed by atoms with Gasteiger partial charge in [-0.3, -0.25) is 4.98 Å². The van der Waals surface area contributed by atoms with Crippen LogP contribution in [0.2, 0.25) is 0 Å². The van der Waals surface area contributed by atoms with Crippen molar-refractivity contribution in [3.63, 3.8) is 0 Å².